The van der Waals surface area contributed by atoms with Crippen molar-refractivity contribution in [3.63, 3.8) is 0 Å². The molecule has 10 heteroatoms. The van der Waals surface area contributed by atoms with Crippen LogP contribution in [0.5, 0.6) is 0 Å². The largest absolute Gasteiger partial charge is 0.462 e. The first kappa shape index (κ1) is 22.4. The molecule has 0 radical (unpaired) electrons. The van der Waals surface area contributed by atoms with Crippen LogP contribution in [0.3, 0.4) is 0 Å². The summed E-state index contributed by atoms with van der Waals surface area (Å²) in [5.74, 6) is -1.09. The van der Waals surface area contributed by atoms with Gasteiger partial charge < -0.3 is 15.0 Å². The van der Waals surface area contributed by atoms with E-state index in [-0.39, 0.29) is 18.3 Å². The Morgan fingerprint density at radius 1 is 1.09 bits per heavy atom. The molecule has 1 aliphatic heterocycles. The fourth-order valence-electron chi connectivity index (χ4n) is 3.73. The van der Waals surface area contributed by atoms with Crippen LogP contribution in [-0.4, -0.2) is 39.8 Å². The van der Waals surface area contributed by atoms with Gasteiger partial charge in [0.15, 0.2) is 5.69 Å². The average molecular weight is 458 g/mol. The van der Waals surface area contributed by atoms with Crippen molar-refractivity contribution >= 4 is 17.7 Å². The maximum absolute atomic E-state index is 13.7. The third-order valence-corrected chi connectivity index (χ3v) is 5.31. The maximum Gasteiger partial charge on any atom is 0.434 e. The monoisotopic (exact) mass is 458 g/mol. The lowest BCUT2D eigenvalue weighted by atomic mass is 10.0. The molecule has 0 bridgehead atoms. The zero-order valence-corrected chi connectivity index (χ0v) is 17.7. The van der Waals surface area contributed by atoms with Crippen LogP contribution in [-0.2, 0) is 23.9 Å². The van der Waals surface area contributed by atoms with Crippen LogP contribution < -0.4 is 5.32 Å². The van der Waals surface area contributed by atoms with Gasteiger partial charge in [0.1, 0.15) is 5.56 Å². The Morgan fingerprint density at radius 3 is 2.45 bits per heavy atom. The minimum atomic E-state index is -4.82. The van der Waals surface area contributed by atoms with Crippen LogP contribution in [0.15, 0.2) is 54.7 Å². The lowest BCUT2D eigenvalue weighted by molar-refractivity contribution is -0.143. The van der Waals surface area contributed by atoms with E-state index >= 15 is 0 Å². The number of hydrogen-bond donors (Lipinski definition) is 1. The summed E-state index contributed by atoms with van der Waals surface area (Å²) in [7, 11) is 0. The van der Waals surface area contributed by atoms with Crippen LogP contribution in [0.1, 0.15) is 34.1 Å². The van der Waals surface area contributed by atoms with Gasteiger partial charge in [-0.25, -0.2) is 14.3 Å². The first-order valence-electron chi connectivity index (χ1n) is 10.3. The molecule has 33 heavy (non-hydrogen) atoms. The van der Waals surface area contributed by atoms with E-state index in [9.17, 15) is 22.8 Å². The molecular formula is C23H21F3N4O3. The van der Waals surface area contributed by atoms with Gasteiger partial charge in [-0.15, -0.1) is 0 Å². The van der Waals surface area contributed by atoms with Crippen LogP contribution in [0.2, 0.25) is 0 Å². The lowest BCUT2D eigenvalue weighted by Crippen LogP contribution is -2.38. The Morgan fingerprint density at radius 2 is 1.79 bits per heavy atom. The van der Waals surface area contributed by atoms with Crippen molar-refractivity contribution in [2.45, 2.75) is 26.1 Å². The summed E-state index contributed by atoms with van der Waals surface area (Å²) in [5.41, 5.74) is 0.936. The van der Waals surface area contributed by atoms with Crippen molar-refractivity contribution in [3.8, 4) is 5.69 Å². The third kappa shape index (κ3) is 4.69. The number of amides is 2. The molecule has 2 heterocycles. The number of aromatic nitrogens is 2. The second-order valence-electron chi connectivity index (χ2n) is 7.45. The molecular weight excluding hydrogens is 437 g/mol. The summed E-state index contributed by atoms with van der Waals surface area (Å²) in [6.07, 6.45) is -3.23. The number of carbonyl (C=O) groups excluding carboxylic acids is 2. The first-order valence-corrected chi connectivity index (χ1v) is 10.3. The zero-order chi connectivity index (χ0) is 23.6. The molecule has 1 aliphatic rings. The number of rotatable bonds is 4. The summed E-state index contributed by atoms with van der Waals surface area (Å²) in [4.78, 5) is 26.3. The number of nitrogens with zero attached hydrogens (tertiary/aromatic N) is 3. The minimum Gasteiger partial charge on any atom is -0.462 e. The van der Waals surface area contributed by atoms with Gasteiger partial charge in [0, 0.05) is 18.8 Å². The molecule has 3 aromatic rings. The van der Waals surface area contributed by atoms with Crippen LogP contribution in [0, 0.1) is 0 Å². The number of urea groups is 1. The second-order valence-corrected chi connectivity index (χ2v) is 7.45. The SMILES string of the molecule is CCOC(=O)c1cnn(-c2ccc(NC(=O)N3CCc4ccccc4C3)cc2)c1C(F)(F)F. The summed E-state index contributed by atoms with van der Waals surface area (Å²) in [6.45, 7) is 2.50. The van der Waals surface area contributed by atoms with Crippen LogP contribution in [0.25, 0.3) is 5.69 Å². The van der Waals surface area contributed by atoms with Crippen molar-refractivity contribution in [1.82, 2.24) is 14.7 Å². The number of ether oxygens (including phenoxy) is 1. The fraction of sp³-hybridized carbons (Fsp3) is 0.261. The van der Waals surface area contributed by atoms with Gasteiger partial charge >= 0.3 is 18.2 Å². The minimum absolute atomic E-state index is 0.0572. The number of anilines is 1. The molecule has 0 fully saturated rings. The highest BCUT2D eigenvalue weighted by molar-refractivity contribution is 5.91. The Balaban J connectivity index is 1.51. The predicted octanol–water partition coefficient (Wildman–Crippen LogP) is 4.66. The van der Waals surface area contributed by atoms with E-state index in [2.05, 4.69) is 10.4 Å². The van der Waals surface area contributed by atoms with Crippen LogP contribution >= 0.6 is 0 Å². The van der Waals surface area contributed by atoms with E-state index in [1.54, 1.807) is 4.90 Å². The van der Waals surface area contributed by atoms with Gasteiger partial charge in [0.25, 0.3) is 0 Å². The molecule has 2 amide bonds. The quantitative estimate of drug-likeness (QED) is 0.577. The van der Waals surface area contributed by atoms with Gasteiger partial charge in [-0.2, -0.15) is 18.3 Å². The number of halogens is 3. The van der Waals surface area contributed by atoms with E-state index in [0.717, 1.165) is 18.2 Å². The summed E-state index contributed by atoms with van der Waals surface area (Å²) < 4.78 is 46.3. The number of benzene rings is 2. The Hall–Kier alpha value is -3.82. The highest BCUT2D eigenvalue weighted by Crippen LogP contribution is 2.34. The van der Waals surface area contributed by atoms with Crippen molar-refractivity contribution in [3.05, 3.63) is 77.1 Å². The van der Waals surface area contributed by atoms with Crippen molar-refractivity contribution < 1.29 is 27.5 Å². The highest BCUT2D eigenvalue weighted by atomic mass is 19.4. The molecule has 0 unspecified atom stereocenters. The number of esters is 1. The second kappa shape index (κ2) is 8.97. The molecule has 0 spiro atoms. The smallest absolute Gasteiger partial charge is 0.434 e. The first-order chi connectivity index (χ1) is 15.8. The van der Waals surface area contributed by atoms with E-state index in [4.69, 9.17) is 4.74 Å². The predicted molar refractivity (Wildman–Crippen MR) is 114 cm³/mol. The molecule has 172 valence electrons. The molecule has 7 nitrogen and oxygen atoms in total. The average Bonchev–Trinajstić information content (AvgIpc) is 3.25. The Labute approximate surface area is 187 Å². The van der Waals surface area contributed by atoms with E-state index < -0.39 is 23.4 Å². The van der Waals surface area contributed by atoms with Gasteiger partial charge in [-0.3, -0.25) is 0 Å². The molecule has 0 atom stereocenters. The molecule has 4 rings (SSSR count). The van der Waals surface area contributed by atoms with Crippen molar-refractivity contribution in [1.29, 1.82) is 0 Å². The molecule has 1 N–H and O–H groups in total. The molecule has 0 saturated carbocycles. The maximum atomic E-state index is 13.7. The number of nitrogens with one attached hydrogen (secondary N) is 1. The Kier molecular flexibility index (Phi) is 6.08. The summed E-state index contributed by atoms with van der Waals surface area (Å²) >= 11 is 0. The summed E-state index contributed by atoms with van der Waals surface area (Å²) in [6, 6.07) is 13.4. The third-order valence-electron chi connectivity index (χ3n) is 5.31. The van der Waals surface area contributed by atoms with E-state index in [1.165, 1.54) is 36.8 Å². The normalized spacial score (nSPS) is 13.4. The molecule has 0 aliphatic carbocycles. The number of carbonyl (C=O) groups is 2. The topological polar surface area (TPSA) is 76.5 Å². The molecule has 0 saturated heterocycles. The fourth-order valence-corrected chi connectivity index (χ4v) is 3.73. The van der Waals surface area contributed by atoms with Gasteiger partial charge in [-0.05, 0) is 48.7 Å². The lowest BCUT2D eigenvalue weighted by Gasteiger charge is -2.29. The van der Waals surface area contributed by atoms with Crippen molar-refractivity contribution in [2.24, 2.45) is 0 Å². The van der Waals surface area contributed by atoms with Gasteiger partial charge in [0.05, 0.1) is 18.5 Å². The number of fused-ring (bicyclic) bond motifs is 1. The standard InChI is InChI=1S/C23H21F3N4O3/c1-2-33-21(31)19-13-27-30(20(19)23(24,25)26)18-9-7-17(8-10-18)28-22(32)29-12-11-15-5-3-4-6-16(15)14-29/h3-10,13H,2,11-12,14H2,1H3,(H,28,32). The molecule has 1 aromatic heterocycles. The van der Waals surface area contributed by atoms with E-state index in [0.29, 0.717) is 23.5 Å². The number of hydrogen-bond acceptors (Lipinski definition) is 4. The van der Waals surface area contributed by atoms with Gasteiger partial charge in [-0.1, -0.05) is 24.3 Å². The zero-order valence-electron chi connectivity index (χ0n) is 17.7. The molecule has 2 aromatic carbocycles. The summed E-state index contributed by atoms with van der Waals surface area (Å²) in [5, 5.41) is 6.51. The Bertz CT molecular complexity index is 1170. The highest BCUT2D eigenvalue weighted by Gasteiger charge is 2.41. The number of alkyl halides is 3. The van der Waals surface area contributed by atoms with Gasteiger partial charge in [0.2, 0.25) is 0 Å². The van der Waals surface area contributed by atoms with E-state index in [1.807, 2.05) is 24.3 Å². The van der Waals surface area contributed by atoms with Crippen LogP contribution in [0.4, 0.5) is 23.7 Å². The van der Waals surface area contributed by atoms with Crippen molar-refractivity contribution in [2.75, 3.05) is 18.5 Å².